The Kier molecular flexibility index (Phi) is 6.43. The predicted molar refractivity (Wildman–Crippen MR) is 27.2 cm³/mol. The van der Waals surface area contributed by atoms with Crippen LogP contribution in [-0.2, 0) is 14.0 Å². The summed E-state index contributed by atoms with van der Waals surface area (Å²) in [6, 6.07) is 0. The van der Waals surface area contributed by atoms with Gasteiger partial charge in [-0.25, -0.2) is 5.14 Å². The van der Waals surface area contributed by atoms with E-state index in [0.717, 1.165) is 0 Å². The van der Waals surface area contributed by atoms with Crippen LogP contribution >= 0.6 is 11.9 Å². The molecule has 7 heteroatoms. The van der Waals surface area contributed by atoms with Gasteiger partial charge < -0.3 is 0 Å². The van der Waals surface area contributed by atoms with Gasteiger partial charge >= 0.3 is 39.9 Å². The quantitative estimate of drug-likeness (QED) is 0.479. The first kappa shape index (κ1) is 11.0. The van der Waals surface area contributed by atoms with Crippen LogP contribution in [0.5, 0.6) is 0 Å². The molecule has 0 aromatic carbocycles. The zero-order valence-corrected chi connectivity index (χ0v) is 4.16. The van der Waals surface area contributed by atoms with Crippen LogP contribution in [-0.4, -0.2) is 38.0 Å². The molecule has 0 bridgehead atoms. The molecular formula is H3ClNNaO3S. The number of rotatable bonds is 1. The van der Waals surface area contributed by atoms with Crippen molar-refractivity contribution >= 4 is 51.7 Å². The molecule has 0 fully saturated rings. The van der Waals surface area contributed by atoms with E-state index in [1.807, 2.05) is 0 Å². The van der Waals surface area contributed by atoms with Crippen molar-refractivity contribution in [3.63, 3.8) is 0 Å². The van der Waals surface area contributed by atoms with Gasteiger partial charge in [0, 0.05) is 0 Å². The SMILES string of the molecule is NS(=O)(=O)OCl.[NaH]. The van der Waals surface area contributed by atoms with E-state index in [4.69, 9.17) is 0 Å². The third-order valence-corrected chi connectivity index (χ3v) is 0.790. The summed E-state index contributed by atoms with van der Waals surface area (Å²) in [5.41, 5.74) is 0. The maximum absolute atomic E-state index is 9.42. The van der Waals surface area contributed by atoms with Crippen molar-refractivity contribution in [3.8, 4) is 0 Å². The van der Waals surface area contributed by atoms with Crippen molar-refractivity contribution in [1.29, 1.82) is 0 Å². The second kappa shape index (κ2) is 4.08. The first-order valence-electron chi connectivity index (χ1n) is 0.890. The topological polar surface area (TPSA) is 69.4 Å². The normalized spacial score (nSPS) is 10.0. The average Bonchev–Trinajstić information content (AvgIpc) is 1.35. The van der Waals surface area contributed by atoms with Gasteiger partial charge in [-0.3, -0.25) is 0 Å². The Morgan fingerprint density at radius 1 is 1.57 bits per heavy atom. The van der Waals surface area contributed by atoms with Gasteiger partial charge in [-0.05, 0) is 0 Å². The Balaban J connectivity index is 0. The van der Waals surface area contributed by atoms with Gasteiger partial charge in [0.2, 0.25) is 0 Å². The Labute approximate surface area is 68.7 Å². The second-order valence-electron chi connectivity index (χ2n) is 0.556. The van der Waals surface area contributed by atoms with Gasteiger partial charge in [-0.15, -0.1) is 3.74 Å². The molecule has 0 heterocycles. The molecular weight excluding hydrogens is 153 g/mol. The van der Waals surface area contributed by atoms with Crippen molar-refractivity contribution in [3.05, 3.63) is 0 Å². The van der Waals surface area contributed by atoms with E-state index in [2.05, 4.69) is 20.7 Å². The van der Waals surface area contributed by atoms with Gasteiger partial charge in [0.25, 0.3) is 0 Å². The zero-order chi connectivity index (χ0) is 5.21. The summed E-state index contributed by atoms with van der Waals surface area (Å²) in [7, 11) is -3.90. The van der Waals surface area contributed by atoms with Crippen LogP contribution in [0.4, 0.5) is 0 Å². The van der Waals surface area contributed by atoms with E-state index in [1.165, 1.54) is 0 Å². The minimum atomic E-state index is -3.90. The van der Waals surface area contributed by atoms with E-state index < -0.39 is 10.3 Å². The second-order valence-corrected chi connectivity index (χ2v) is 2.05. The third kappa shape index (κ3) is 11.0. The predicted octanol–water partition coefficient (Wildman–Crippen LogP) is -1.29. The van der Waals surface area contributed by atoms with Gasteiger partial charge in [-0.1, -0.05) is 0 Å². The first-order chi connectivity index (χ1) is 2.56. The number of nitrogens with two attached hydrogens (primary N) is 1. The third-order valence-electron chi connectivity index (χ3n) is 0.0878. The van der Waals surface area contributed by atoms with Gasteiger partial charge in [0.1, 0.15) is 0 Å². The van der Waals surface area contributed by atoms with E-state index in [9.17, 15) is 8.42 Å². The molecule has 0 aliphatic rings. The number of hydrogen-bond acceptors (Lipinski definition) is 3. The summed E-state index contributed by atoms with van der Waals surface area (Å²) >= 11 is 4.26. The summed E-state index contributed by atoms with van der Waals surface area (Å²) in [4.78, 5) is 0. The fraction of sp³-hybridized carbons (Fsp3) is 0. The molecule has 0 aromatic rings. The van der Waals surface area contributed by atoms with Gasteiger partial charge in [0.05, 0.1) is 11.9 Å². The molecule has 40 valence electrons. The van der Waals surface area contributed by atoms with E-state index in [1.54, 1.807) is 0 Å². The number of hydrogen-bond donors (Lipinski definition) is 1. The average molecular weight is 156 g/mol. The Morgan fingerprint density at radius 2 is 1.71 bits per heavy atom. The molecule has 0 aliphatic carbocycles. The van der Waals surface area contributed by atoms with Crippen LogP contribution < -0.4 is 5.14 Å². The molecule has 0 aliphatic heterocycles. The Morgan fingerprint density at radius 3 is 1.71 bits per heavy atom. The molecule has 0 aromatic heterocycles. The monoisotopic (exact) mass is 155 g/mol. The molecule has 2 N–H and O–H groups in total. The Bertz CT molecular complexity index is 117. The molecule has 0 saturated heterocycles. The molecule has 0 unspecified atom stereocenters. The van der Waals surface area contributed by atoms with Crippen molar-refractivity contribution in [1.82, 2.24) is 0 Å². The standard InChI is InChI=1S/ClH2NO3S.Na.H/c1-5-6(2,3)4;;/h(H2,2,3,4);;. The molecule has 4 nitrogen and oxygen atoms in total. The number of halogens is 1. The summed E-state index contributed by atoms with van der Waals surface area (Å²) < 4.78 is 22.0. The molecule has 0 spiro atoms. The Hall–Kier alpha value is 1.16. The minimum absolute atomic E-state index is 0. The zero-order valence-electron chi connectivity index (χ0n) is 2.59. The molecule has 0 saturated carbocycles. The van der Waals surface area contributed by atoms with Crippen LogP contribution in [0, 0.1) is 0 Å². The molecule has 0 atom stereocenters. The van der Waals surface area contributed by atoms with Crippen LogP contribution in [0.3, 0.4) is 0 Å². The van der Waals surface area contributed by atoms with E-state index in [-0.39, 0.29) is 29.6 Å². The summed E-state index contributed by atoms with van der Waals surface area (Å²) in [6.45, 7) is 0. The van der Waals surface area contributed by atoms with Crippen molar-refractivity contribution in [2.75, 3.05) is 0 Å². The van der Waals surface area contributed by atoms with E-state index in [0.29, 0.717) is 0 Å². The first-order valence-corrected chi connectivity index (χ1v) is 2.67. The van der Waals surface area contributed by atoms with Crippen molar-refractivity contribution in [2.24, 2.45) is 5.14 Å². The fourth-order valence-corrected chi connectivity index (χ4v) is 0. The molecule has 7 heavy (non-hydrogen) atoms. The summed E-state index contributed by atoms with van der Waals surface area (Å²) in [5.74, 6) is 0. The van der Waals surface area contributed by atoms with Crippen molar-refractivity contribution in [2.45, 2.75) is 0 Å². The van der Waals surface area contributed by atoms with Gasteiger partial charge in [0.15, 0.2) is 0 Å². The summed E-state index contributed by atoms with van der Waals surface area (Å²) in [6.07, 6.45) is 0. The molecule has 0 radical (unpaired) electrons. The fourth-order valence-electron chi connectivity index (χ4n) is 0. The van der Waals surface area contributed by atoms with Crippen molar-refractivity contribution < 1.29 is 12.2 Å². The molecule has 0 amide bonds. The van der Waals surface area contributed by atoms with Crippen LogP contribution in [0.25, 0.3) is 0 Å². The molecule has 0 rings (SSSR count). The van der Waals surface area contributed by atoms with Crippen LogP contribution in [0.2, 0.25) is 0 Å². The van der Waals surface area contributed by atoms with E-state index >= 15 is 0 Å². The van der Waals surface area contributed by atoms with Crippen LogP contribution in [0.1, 0.15) is 0 Å². The summed E-state index contributed by atoms with van der Waals surface area (Å²) in [5, 5.41) is 4.15. The maximum atomic E-state index is 9.42. The van der Waals surface area contributed by atoms with Gasteiger partial charge in [-0.2, -0.15) is 8.42 Å². The van der Waals surface area contributed by atoms with Crippen LogP contribution in [0.15, 0.2) is 0 Å².